The molecule has 0 spiro atoms. The van der Waals surface area contributed by atoms with E-state index in [9.17, 15) is 9.59 Å². The van der Waals surface area contributed by atoms with Crippen LogP contribution in [0.4, 0.5) is 0 Å². The summed E-state index contributed by atoms with van der Waals surface area (Å²) in [5, 5.41) is 2.92. The van der Waals surface area contributed by atoms with Crippen LogP contribution < -0.4 is 11.1 Å². The van der Waals surface area contributed by atoms with Crippen LogP contribution in [0.25, 0.3) is 0 Å². The summed E-state index contributed by atoms with van der Waals surface area (Å²) in [6.07, 6.45) is 4.71. The third kappa shape index (κ3) is 5.19. The lowest BCUT2D eigenvalue weighted by Crippen LogP contribution is -2.51. The first-order chi connectivity index (χ1) is 13.0. The fraction of sp³-hybridized carbons (Fsp3) is 0.391. The molecule has 0 aromatic heterocycles. The minimum absolute atomic E-state index is 0.209. The lowest BCUT2D eigenvalue weighted by molar-refractivity contribution is -0.130. The highest BCUT2D eigenvalue weighted by molar-refractivity contribution is 5.95. The molecule has 2 rings (SSSR count). The Kier molecular flexibility index (Phi) is 7.59. The fourth-order valence-electron chi connectivity index (χ4n) is 3.34. The van der Waals surface area contributed by atoms with Gasteiger partial charge in [0.2, 0.25) is 11.8 Å². The maximum absolute atomic E-state index is 13.4. The molecule has 1 atom stereocenters. The SMILES string of the molecule is CCCCCC[C@@H](NC(=O)C(C)(c1ccccc1)c1ccccc1)C(N)=O. The molecule has 0 aliphatic heterocycles. The molecule has 0 aliphatic carbocycles. The van der Waals surface area contributed by atoms with Crippen LogP contribution in [-0.4, -0.2) is 17.9 Å². The molecule has 3 N–H and O–H groups in total. The molecule has 27 heavy (non-hydrogen) atoms. The number of amides is 2. The van der Waals surface area contributed by atoms with Crippen molar-refractivity contribution in [1.82, 2.24) is 5.32 Å². The van der Waals surface area contributed by atoms with Gasteiger partial charge in [-0.1, -0.05) is 93.3 Å². The monoisotopic (exact) mass is 366 g/mol. The smallest absolute Gasteiger partial charge is 0.240 e. The molecule has 0 saturated heterocycles. The summed E-state index contributed by atoms with van der Waals surface area (Å²) in [7, 11) is 0. The van der Waals surface area contributed by atoms with E-state index in [0.29, 0.717) is 6.42 Å². The number of rotatable bonds is 10. The Hall–Kier alpha value is -2.62. The van der Waals surface area contributed by atoms with Crippen LogP contribution in [0.15, 0.2) is 60.7 Å². The van der Waals surface area contributed by atoms with Crippen molar-refractivity contribution in [3.05, 3.63) is 71.8 Å². The van der Waals surface area contributed by atoms with Gasteiger partial charge < -0.3 is 11.1 Å². The van der Waals surface area contributed by atoms with Crippen LogP contribution in [0.5, 0.6) is 0 Å². The molecule has 0 bridgehead atoms. The normalized spacial score (nSPS) is 12.4. The molecule has 4 heteroatoms. The van der Waals surface area contributed by atoms with Crippen molar-refractivity contribution >= 4 is 11.8 Å². The van der Waals surface area contributed by atoms with Crippen molar-refractivity contribution in [1.29, 1.82) is 0 Å². The zero-order valence-corrected chi connectivity index (χ0v) is 16.3. The van der Waals surface area contributed by atoms with Gasteiger partial charge in [0, 0.05) is 0 Å². The van der Waals surface area contributed by atoms with E-state index in [0.717, 1.165) is 36.8 Å². The summed E-state index contributed by atoms with van der Waals surface area (Å²) in [6, 6.07) is 18.6. The summed E-state index contributed by atoms with van der Waals surface area (Å²) < 4.78 is 0. The molecule has 2 amide bonds. The van der Waals surface area contributed by atoms with Crippen molar-refractivity contribution in [2.75, 3.05) is 0 Å². The first kappa shape index (κ1) is 20.7. The molecule has 2 aromatic rings. The second-order valence-corrected chi connectivity index (χ2v) is 7.13. The topological polar surface area (TPSA) is 72.2 Å². The average molecular weight is 367 g/mol. The number of unbranched alkanes of at least 4 members (excludes halogenated alkanes) is 3. The predicted molar refractivity (Wildman–Crippen MR) is 109 cm³/mol. The molecule has 0 aliphatic rings. The van der Waals surface area contributed by atoms with Crippen LogP contribution in [-0.2, 0) is 15.0 Å². The summed E-state index contributed by atoms with van der Waals surface area (Å²) in [5.74, 6) is -0.692. The molecule has 0 fully saturated rings. The van der Waals surface area contributed by atoms with Crippen LogP contribution in [0, 0.1) is 0 Å². The zero-order valence-electron chi connectivity index (χ0n) is 16.3. The van der Waals surface area contributed by atoms with Gasteiger partial charge >= 0.3 is 0 Å². The Bertz CT molecular complexity index is 689. The van der Waals surface area contributed by atoms with E-state index in [1.165, 1.54) is 0 Å². The van der Waals surface area contributed by atoms with E-state index < -0.39 is 17.4 Å². The fourth-order valence-corrected chi connectivity index (χ4v) is 3.34. The van der Waals surface area contributed by atoms with Gasteiger partial charge in [0.05, 0.1) is 5.41 Å². The van der Waals surface area contributed by atoms with Gasteiger partial charge in [-0.25, -0.2) is 0 Å². The maximum Gasteiger partial charge on any atom is 0.240 e. The van der Waals surface area contributed by atoms with E-state index in [-0.39, 0.29) is 5.91 Å². The van der Waals surface area contributed by atoms with Gasteiger partial charge in [0.25, 0.3) is 0 Å². The minimum Gasteiger partial charge on any atom is -0.368 e. The highest BCUT2D eigenvalue weighted by atomic mass is 16.2. The van der Waals surface area contributed by atoms with Crippen molar-refractivity contribution in [2.45, 2.75) is 57.4 Å². The zero-order chi connectivity index (χ0) is 19.7. The second-order valence-electron chi connectivity index (χ2n) is 7.13. The van der Waals surface area contributed by atoms with Gasteiger partial charge in [0.15, 0.2) is 0 Å². The highest BCUT2D eigenvalue weighted by Crippen LogP contribution is 2.32. The summed E-state index contributed by atoms with van der Waals surface area (Å²) >= 11 is 0. The van der Waals surface area contributed by atoms with Gasteiger partial charge in [0.1, 0.15) is 6.04 Å². The largest absolute Gasteiger partial charge is 0.368 e. The quantitative estimate of drug-likeness (QED) is 0.625. The standard InChI is InChI=1S/C23H30N2O2/c1-3-4-5-12-17-20(21(24)26)25-22(27)23(2,18-13-8-6-9-14-18)19-15-10-7-11-16-19/h6-11,13-16,20H,3-5,12,17H2,1-2H3,(H2,24,26)(H,25,27)/t20-/m1/s1. The Morgan fingerprint density at radius 3 is 1.89 bits per heavy atom. The Morgan fingerprint density at radius 2 is 1.44 bits per heavy atom. The first-order valence-electron chi connectivity index (χ1n) is 9.71. The number of nitrogens with two attached hydrogens (primary N) is 1. The van der Waals surface area contributed by atoms with Crippen LogP contribution in [0.2, 0.25) is 0 Å². The van der Waals surface area contributed by atoms with Crippen LogP contribution in [0.1, 0.15) is 57.1 Å². The van der Waals surface area contributed by atoms with E-state index in [4.69, 9.17) is 5.73 Å². The number of carbonyl (C=O) groups is 2. The number of benzene rings is 2. The molecule has 0 unspecified atom stereocenters. The molecular formula is C23H30N2O2. The number of primary amides is 1. The molecule has 2 aromatic carbocycles. The molecular weight excluding hydrogens is 336 g/mol. The average Bonchev–Trinajstić information content (AvgIpc) is 2.70. The summed E-state index contributed by atoms with van der Waals surface area (Å²) in [6.45, 7) is 4.03. The van der Waals surface area contributed by atoms with Gasteiger partial charge in [-0.2, -0.15) is 0 Å². The van der Waals surface area contributed by atoms with Crippen molar-refractivity contribution in [3.63, 3.8) is 0 Å². The van der Waals surface area contributed by atoms with Crippen LogP contribution >= 0.6 is 0 Å². The first-order valence-corrected chi connectivity index (χ1v) is 9.71. The maximum atomic E-state index is 13.4. The van der Waals surface area contributed by atoms with E-state index in [2.05, 4.69) is 12.2 Å². The van der Waals surface area contributed by atoms with Gasteiger partial charge in [-0.15, -0.1) is 0 Å². The number of carbonyl (C=O) groups excluding carboxylic acids is 2. The lowest BCUT2D eigenvalue weighted by atomic mass is 9.75. The number of hydrogen-bond donors (Lipinski definition) is 2. The molecule has 0 radical (unpaired) electrons. The third-order valence-electron chi connectivity index (χ3n) is 5.15. The van der Waals surface area contributed by atoms with E-state index in [1.54, 1.807) is 0 Å². The third-order valence-corrected chi connectivity index (χ3v) is 5.15. The molecule has 0 saturated carbocycles. The van der Waals surface area contributed by atoms with Crippen molar-refractivity contribution < 1.29 is 9.59 Å². The van der Waals surface area contributed by atoms with Crippen molar-refractivity contribution in [2.24, 2.45) is 5.73 Å². The molecule has 144 valence electrons. The number of hydrogen-bond acceptors (Lipinski definition) is 2. The van der Waals surface area contributed by atoms with E-state index >= 15 is 0 Å². The van der Waals surface area contributed by atoms with Gasteiger partial charge in [-0.3, -0.25) is 9.59 Å². The van der Waals surface area contributed by atoms with Gasteiger partial charge in [-0.05, 0) is 24.5 Å². The highest BCUT2D eigenvalue weighted by Gasteiger charge is 2.38. The molecule has 4 nitrogen and oxygen atoms in total. The summed E-state index contributed by atoms with van der Waals surface area (Å²) in [5.41, 5.74) is 6.42. The Balaban J connectivity index is 2.27. The van der Waals surface area contributed by atoms with Crippen LogP contribution in [0.3, 0.4) is 0 Å². The predicted octanol–water partition coefficient (Wildman–Crippen LogP) is 3.93. The lowest BCUT2D eigenvalue weighted by Gasteiger charge is -2.31. The molecule has 0 heterocycles. The van der Waals surface area contributed by atoms with Crippen molar-refractivity contribution in [3.8, 4) is 0 Å². The number of nitrogens with one attached hydrogen (secondary N) is 1. The Morgan fingerprint density at radius 1 is 0.926 bits per heavy atom. The second kappa shape index (κ2) is 9.91. The van der Waals surface area contributed by atoms with E-state index in [1.807, 2.05) is 67.6 Å². The summed E-state index contributed by atoms with van der Waals surface area (Å²) in [4.78, 5) is 25.3. The Labute approximate surface area is 162 Å². The minimum atomic E-state index is -0.903.